The lowest BCUT2D eigenvalue weighted by atomic mass is 10.2. The van der Waals surface area contributed by atoms with E-state index in [9.17, 15) is 14.9 Å². The molecule has 18 heavy (non-hydrogen) atoms. The number of amides is 1. The Morgan fingerprint density at radius 1 is 1.56 bits per heavy atom. The second-order valence-corrected chi connectivity index (χ2v) is 3.45. The maximum absolute atomic E-state index is 11.0. The average molecular weight is 248 g/mol. The highest BCUT2D eigenvalue weighted by Gasteiger charge is 2.14. The van der Waals surface area contributed by atoms with Crippen molar-refractivity contribution in [1.82, 2.24) is 5.32 Å². The second kappa shape index (κ2) is 6.20. The van der Waals surface area contributed by atoms with E-state index in [1.165, 1.54) is 25.2 Å². The van der Waals surface area contributed by atoms with Crippen molar-refractivity contribution in [2.75, 3.05) is 18.9 Å². The minimum absolute atomic E-state index is 0.154. The summed E-state index contributed by atoms with van der Waals surface area (Å²) in [6.07, 6.45) is 0.216. The predicted molar refractivity (Wildman–Crippen MR) is 65.0 cm³/mol. The number of rotatable bonds is 5. The van der Waals surface area contributed by atoms with Crippen molar-refractivity contribution in [1.29, 1.82) is 5.26 Å². The first-order valence-corrected chi connectivity index (χ1v) is 5.21. The number of carbonyl (C=O) groups excluding carboxylic acids is 1. The van der Waals surface area contributed by atoms with Gasteiger partial charge in [0.1, 0.15) is 5.69 Å². The van der Waals surface area contributed by atoms with Gasteiger partial charge in [-0.25, -0.2) is 0 Å². The van der Waals surface area contributed by atoms with Crippen LogP contribution in [0.1, 0.15) is 12.0 Å². The standard InChI is InChI=1S/C11H12N4O3/c1-13-11(16)4-5-14-9-3-2-8(7-12)6-10(9)15(17)18/h2-3,6,14H,4-5H2,1H3,(H,13,16). The fraction of sp³-hybridized carbons (Fsp3) is 0.273. The highest BCUT2D eigenvalue weighted by atomic mass is 16.6. The third kappa shape index (κ3) is 3.45. The molecule has 2 N–H and O–H groups in total. The van der Waals surface area contributed by atoms with Crippen LogP contribution in [0, 0.1) is 21.4 Å². The summed E-state index contributed by atoms with van der Waals surface area (Å²) in [7, 11) is 1.52. The maximum atomic E-state index is 11.0. The van der Waals surface area contributed by atoms with Crippen molar-refractivity contribution in [3.63, 3.8) is 0 Å². The number of benzene rings is 1. The first kappa shape index (κ1) is 13.4. The lowest BCUT2D eigenvalue weighted by Crippen LogP contribution is -2.21. The number of nitro groups is 1. The molecular formula is C11H12N4O3. The van der Waals surface area contributed by atoms with Crippen molar-refractivity contribution in [2.24, 2.45) is 0 Å². The first-order valence-electron chi connectivity index (χ1n) is 5.21. The van der Waals surface area contributed by atoms with Gasteiger partial charge in [-0.2, -0.15) is 5.26 Å². The molecule has 1 rings (SSSR count). The summed E-state index contributed by atoms with van der Waals surface area (Å²) in [6.45, 7) is 0.284. The minimum Gasteiger partial charge on any atom is -0.379 e. The van der Waals surface area contributed by atoms with Crippen LogP contribution in [-0.4, -0.2) is 24.4 Å². The first-order chi connectivity index (χ1) is 8.58. The maximum Gasteiger partial charge on any atom is 0.293 e. The number of anilines is 1. The molecule has 1 aromatic carbocycles. The van der Waals surface area contributed by atoms with Crippen LogP contribution in [0.3, 0.4) is 0 Å². The molecule has 0 aliphatic rings. The van der Waals surface area contributed by atoms with E-state index >= 15 is 0 Å². The molecule has 0 aliphatic heterocycles. The van der Waals surface area contributed by atoms with Crippen LogP contribution in [0.15, 0.2) is 18.2 Å². The molecule has 7 nitrogen and oxygen atoms in total. The van der Waals surface area contributed by atoms with Crippen LogP contribution in [0.2, 0.25) is 0 Å². The molecule has 1 amide bonds. The van der Waals surface area contributed by atoms with Crippen LogP contribution in [-0.2, 0) is 4.79 Å². The zero-order valence-electron chi connectivity index (χ0n) is 9.77. The summed E-state index contributed by atoms with van der Waals surface area (Å²) >= 11 is 0. The van der Waals surface area contributed by atoms with Crippen molar-refractivity contribution in [2.45, 2.75) is 6.42 Å². The molecule has 0 bridgehead atoms. The van der Waals surface area contributed by atoms with Gasteiger partial charge in [0.15, 0.2) is 0 Å². The molecule has 0 saturated heterocycles. The number of hydrogen-bond acceptors (Lipinski definition) is 5. The Morgan fingerprint density at radius 3 is 2.83 bits per heavy atom. The fourth-order valence-electron chi connectivity index (χ4n) is 1.34. The van der Waals surface area contributed by atoms with Crippen molar-refractivity contribution >= 4 is 17.3 Å². The quantitative estimate of drug-likeness (QED) is 0.597. The van der Waals surface area contributed by atoms with E-state index in [1.54, 1.807) is 0 Å². The second-order valence-electron chi connectivity index (χ2n) is 3.45. The summed E-state index contributed by atoms with van der Waals surface area (Å²) < 4.78 is 0. The van der Waals surface area contributed by atoms with Gasteiger partial charge in [-0.15, -0.1) is 0 Å². The fourth-order valence-corrected chi connectivity index (χ4v) is 1.34. The van der Waals surface area contributed by atoms with E-state index in [2.05, 4.69) is 10.6 Å². The predicted octanol–water partition coefficient (Wildman–Crippen LogP) is 1.01. The van der Waals surface area contributed by atoms with Gasteiger partial charge in [0.25, 0.3) is 5.69 Å². The molecular weight excluding hydrogens is 236 g/mol. The highest BCUT2D eigenvalue weighted by molar-refractivity contribution is 5.76. The van der Waals surface area contributed by atoms with Gasteiger partial charge in [0.05, 0.1) is 16.6 Å². The van der Waals surface area contributed by atoms with Gasteiger partial charge < -0.3 is 10.6 Å². The highest BCUT2D eigenvalue weighted by Crippen LogP contribution is 2.25. The molecule has 0 aromatic heterocycles. The minimum atomic E-state index is -0.566. The summed E-state index contributed by atoms with van der Waals surface area (Å²) in [5.74, 6) is -0.154. The molecule has 0 atom stereocenters. The van der Waals surface area contributed by atoms with E-state index in [0.717, 1.165) is 0 Å². The van der Waals surface area contributed by atoms with Gasteiger partial charge in [0, 0.05) is 26.1 Å². The molecule has 0 spiro atoms. The van der Waals surface area contributed by atoms with Gasteiger partial charge in [-0.3, -0.25) is 14.9 Å². The molecule has 0 aliphatic carbocycles. The SMILES string of the molecule is CNC(=O)CCNc1ccc(C#N)cc1[N+](=O)[O-]. The number of carbonyl (C=O) groups is 1. The summed E-state index contributed by atoms with van der Waals surface area (Å²) in [5.41, 5.74) is 0.340. The zero-order chi connectivity index (χ0) is 13.5. The van der Waals surface area contributed by atoms with Crippen LogP contribution >= 0.6 is 0 Å². The summed E-state index contributed by atoms with van der Waals surface area (Å²) in [4.78, 5) is 21.2. The lowest BCUT2D eigenvalue weighted by molar-refractivity contribution is -0.384. The smallest absolute Gasteiger partial charge is 0.293 e. The van der Waals surface area contributed by atoms with Crippen LogP contribution in [0.25, 0.3) is 0 Å². The Balaban J connectivity index is 2.79. The third-order valence-electron chi connectivity index (χ3n) is 2.27. The Kier molecular flexibility index (Phi) is 4.63. The third-order valence-corrected chi connectivity index (χ3v) is 2.27. The topological polar surface area (TPSA) is 108 Å². The summed E-state index contributed by atoms with van der Waals surface area (Å²) in [6, 6.07) is 5.97. The number of hydrogen-bond donors (Lipinski definition) is 2. The number of nitriles is 1. The van der Waals surface area contributed by atoms with Crippen molar-refractivity contribution in [3.8, 4) is 6.07 Å². The van der Waals surface area contributed by atoms with E-state index in [0.29, 0.717) is 5.69 Å². The lowest BCUT2D eigenvalue weighted by Gasteiger charge is -2.06. The van der Waals surface area contributed by atoms with Crippen LogP contribution < -0.4 is 10.6 Å². The molecule has 7 heteroatoms. The molecule has 0 fully saturated rings. The van der Waals surface area contributed by atoms with Gasteiger partial charge in [-0.05, 0) is 12.1 Å². The van der Waals surface area contributed by atoms with E-state index in [1.807, 2.05) is 6.07 Å². The zero-order valence-corrected chi connectivity index (χ0v) is 9.77. The van der Waals surface area contributed by atoms with Gasteiger partial charge >= 0.3 is 0 Å². The molecule has 0 unspecified atom stereocenters. The molecule has 94 valence electrons. The monoisotopic (exact) mass is 248 g/mol. The normalized spacial score (nSPS) is 9.33. The molecule has 0 radical (unpaired) electrons. The van der Waals surface area contributed by atoms with Gasteiger partial charge in [-0.1, -0.05) is 0 Å². The summed E-state index contributed by atoms with van der Waals surface area (Å²) in [5, 5.41) is 24.7. The van der Waals surface area contributed by atoms with E-state index < -0.39 is 4.92 Å². The number of nitro benzene ring substituents is 1. The largest absolute Gasteiger partial charge is 0.379 e. The Bertz CT molecular complexity index is 508. The van der Waals surface area contributed by atoms with Crippen LogP contribution in [0.5, 0.6) is 0 Å². The van der Waals surface area contributed by atoms with E-state index in [4.69, 9.17) is 5.26 Å². The molecule has 1 aromatic rings. The average Bonchev–Trinajstić information content (AvgIpc) is 2.38. The molecule has 0 saturated carbocycles. The number of nitrogens with one attached hydrogen (secondary N) is 2. The Hall–Kier alpha value is -2.62. The van der Waals surface area contributed by atoms with Crippen molar-refractivity contribution < 1.29 is 9.72 Å². The van der Waals surface area contributed by atoms with Gasteiger partial charge in [0.2, 0.25) is 5.91 Å². The Labute approximate surface area is 104 Å². The molecule has 0 heterocycles. The van der Waals surface area contributed by atoms with E-state index in [-0.39, 0.29) is 30.1 Å². The number of nitrogens with zero attached hydrogens (tertiary/aromatic N) is 2. The van der Waals surface area contributed by atoms with Crippen molar-refractivity contribution in [3.05, 3.63) is 33.9 Å². The van der Waals surface area contributed by atoms with Crippen LogP contribution in [0.4, 0.5) is 11.4 Å². The Morgan fingerprint density at radius 2 is 2.28 bits per heavy atom.